The van der Waals surface area contributed by atoms with Crippen molar-refractivity contribution in [3.63, 3.8) is 0 Å². The minimum atomic E-state index is -0.323. The van der Waals surface area contributed by atoms with E-state index in [2.05, 4.69) is 13.8 Å². The highest BCUT2D eigenvalue weighted by atomic mass is 32.2. The number of thiocarbonyl (C=S) groups is 1. The van der Waals surface area contributed by atoms with Crippen LogP contribution in [0.3, 0.4) is 0 Å². The predicted octanol–water partition coefficient (Wildman–Crippen LogP) is 2.27. The van der Waals surface area contributed by atoms with E-state index in [0.717, 1.165) is 25.9 Å². The maximum atomic E-state index is 12.2. The van der Waals surface area contributed by atoms with Crippen LogP contribution in [0.15, 0.2) is 0 Å². The summed E-state index contributed by atoms with van der Waals surface area (Å²) in [5.41, 5.74) is 0. The SMILES string of the molecule is CCCN(CCC)C(=O)CC1SC(=S)N(CC)C1=O. The minimum Gasteiger partial charge on any atom is -0.343 e. The summed E-state index contributed by atoms with van der Waals surface area (Å²) in [4.78, 5) is 27.7. The molecule has 1 aliphatic rings. The van der Waals surface area contributed by atoms with E-state index in [0.29, 0.717) is 10.9 Å². The lowest BCUT2D eigenvalue weighted by atomic mass is 10.2. The summed E-state index contributed by atoms with van der Waals surface area (Å²) in [6.07, 6.45) is 2.15. The van der Waals surface area contributed by atoms with Crippen molar-refractivity contribution in [1.82, 2.24) is 9.80 Å². The fourth-order valence-electron chi connectivity index (χ4n) is 2.10. The minimum absolute atomic E-state index is 0.0150. The van der Waals surface area contributed by atoms with E-state index >= 15 is 0 Å². The molecule has 1 fully saturated rings. The van der Waals surface area contributed by atoms with Gasteiger partial charge in [0.15, 0.2) is 0 Å². The van der Waals surface area contributed by atoms with Gasteiger partial charge in [0, 0.05) is 26.1 Å². The molecule has 0 bridgehead atoms. The molecule has 0 saturated carbocycles. The summed E-state index contributed by atoms with van der Waals surface area (Å²) >= 11 is 6.51. The summed E-state index contributed by atoms with van der Waals surface area (Å²) in [6, 6.07) is 0. The molecule has 0 N–H and O–H groups in total. The van der Waals surface area contributed by atoms with Gasteiger partial charge in [-0.15, -0.1) is 0 Å². The number of amides is 2. The highest BCUT2D eigenvalue weighted by Crippen LogP contribution is 2.29. The number of hydrogen-bond acceptors (Lipinski definition) is 4. The topological polar surface area (TPSA) is 40.6 Å². The highest BCUT2D eigenvalue weighted by molar-refractivity contribution is 8.24. The van der Waals surface area contributed by atoms with Crippen LogP contribution in [0.2, 0.25) is 0 Å². The highest BCUT2D eigenvalue weighted by Gasteiger charge is 2.37. The van der Waals surface area contributed by atoms with Crippen LogP contribution in [0.25, 0.3) is 0 Å². The molecule has 1 rings (SSSR count). The Bertz CT molecular complexity index is 355. The molecule has 1 aliphatic heterocycles. The lowest BCUT2D eigenvalue weighted by Crippen LogP contribution is -2.37. The average molecular weight is 302 g/mol. The molecule has 108 valence electrons. The fourth-order valence-corrected chi connectivity index (χ4v) is 3.71. The van der Waals surface area contributed by atoms with E-state index < -0.39 is 0 Å². The van der Waals surface area contributed by atoms with Crippen molar-refractivity contribution in [2.75, 3.05) is 19.6 Å². The maximum absolute atomic E-state index is 12.2. The molecular weight excluding hydrogens is 280 g/mol. The molecule has 2 amide bonds. The number of rotatable bonds is 7. The molecule has 0 aliphatic carbocycles. The molecule has 1 heterocycles. The van der Waals surface area contributed by atoms with E-state index in [-0.39, 0.29) is 23.5 Å². The summed E-state index contributed by atoms with van der Waals surface area (Å²) in [5.74, 6) is 0.0501. The Morgan fingerprint density at radius 1 is 1.32 bits per heavy atom. The molecule has 1 saturated heterocycles. The lowest BCUT2D eigenvalue weighted by Gasteiger charge is -2.22. The van der Waals surface area contributed by atoms with Crippen LogP contribution < -0.4 is 0 Å². The lowest BCUT2D eigenvalue weighted by molar-refractivity contribution is -0.134. The van der Waals surface area contributed by atoms with Gasteiger partial charge < -0.3 is 4.90 Å². The molecule has 0 aromatic rings. The van der Waals surface area contributed by atoms with Gasteiger partial charge in [-0.2, -0.15) is 0 Å². The first-order chi connectivity index (χ1) is 9.04. The number of nitrogens with zero attached hydrogens (tertiary/aromatic N) is 2. The zero-order valence-corrected chi connectivity index (χ0v) is 13.5. The largest absolute Gasteiger partial charge is 0.343 e. The van der Waals surface area contributed by atoms with Crippen molar-refractivity contribution < 1.29 is 9.59 Å². The number of thioether (sulfide) groups is 1. The van der Waals surface area contributed by atoms with E-state index in [9.17, 15) is 9.59 Å². The zero-order chi connectivity index (χ0) is 14.4. The predicted molar refractivity (Wildman–Crippen MR) is 83.1 cm³/mol. The van der Waals surface area contributed by atoms with Crippen molar-refractivity contribution >= 4 is 40.1 Å². The van der Waals surface area contributed by atoms with Gasteiger partial charge in [0.1, 0.15) is 4.32 Å². The Balaban J connectivity index is 2.61. The molecule has 0 spiro atoms. The van der Waals surface area contributed by atoms with Gasteiger partial charge in [0.2, 0.25) is 11.8 Å². The molecule has 0 aromatic heterocycles. The Morgan fingerprint density at radius 3 is 2.32 bits per heavy atom. The molecule has 1 atom stereocenters. The summed E-state index contributed by atoms with van der Waals surface area (Å²) in [7, 11) is 0. The standard InChI is InChI=1S/C13H22N2O2S2/c1-4-7-14(8-5-2)11(16)9-10-12(17)15(6-3)13(18)19-10/h10H,4-9H2,1-3H3. The first-order valence-corrected chi connectivity index (χ1v) is 8.13. The van der Waals surface area contributed by atoms with Crippen molar-refractivity contribution in [3.05, 3.63) is 0 Å². The first kappa shape index (κ1) is 16.4. The van der Waals surface area contributed by atoms with Crippen LogP contribution in [-0.4, -0.2) is 50.8 Å². The molecular formula is C13H22N2O2S2. The molecule has 0 radical (unpaired) electrons. The second-order valence-electron chi connectivity index (χ2n) is 4.54. The molecule has 4 nitrogen and oxygen atoms in total. The van der Waals surface area contributed by atoms with Crippen molar-refractivity contribution in [2.24, 2.45) is 0 Å². The van der Waals surface area contributed by atoms with E-state index in [1.54, 1.807) is 4.90 Å². The van der Waals surface area contributed by atoms with Crippen LogP contribution in [0.1, 0.15) is 40.0 Å². The average Bonchev–Trinajstić information content (AvgIpc) is 2.63. The quantitative estimate of drug-likeness (QED) is 0.677. The Hall–Kier alpha value is -0.620. The first-order valence-electron chi connectivity index (χ1n) is 6.84. The van der Waals surface area contributed by atoms with Crippen LogP contribution >= 0.6 is 24.0 Å². The third-order valence-electron chi connectivity index (χ3n) is 3.02. The second-order valence-corrected chi connectivity index (χ2v) is 6.38. The Morgan fingerprint density at radius 2 is 1.89 bits per heavy atom. The molecule has 6 heteroatoms. The third-order valence-corrected chi connectivity index (χ3v) is 4.60. The number of hydrogen-bond donors (Lipinski definition) is 0. The van der Waals surface area contributed by atoms with Gasteiger partial charge >= 0.3 is 0 Å². The van der Waals surface area contributed by atoms with Gasteiger partial charge in [-0.3, -0.25) is 14.5 Å². The number of carbonyl (C=O) groups excluding carboxylic acids is 2. The third kappa shape index (κ3) is 4.18. The molecule has 1 unspecified atom stereocenters. The van der Waals surface area contributed by atoms with Gasteiger partial charge in [0.05, 0.1) is 5.25 Å². The van der Waals surface area contributed by atoms with Crippen molar-refractivity contribution in [2.45, 2.75) is 45.3 Å². The van der Waals surface area contributed by atoms with E-state index in [4.69, 9.17) is 12.2 Å². The van der Waals surface area contributed by atoms with Gasteiger partial charge in [0.25, 0.3) is 0 Å². The summed E-state index contributed by atoms with van der Waals surface area (Å²) in [5, 5.41) is -0.323. The van der Waals surface area contributed by atoms with Crippen molar-refractivity contribution in [1.29, 1.82) is 0 Å². The van der Waals surface area contributed by atoms with Crippen LogP contribution in [0.5, 0.6) is 0 Å². The molecule has 19 heavy (non-hydrogen) atoms. The summed E-state index contributed by atoms with van der Waals surface area (Å²) < 4.78 is 0.600. The van der Waals surface area contributed by atoms with E-state index in [1.807, 2.05) is 11.8 Å². The zero-order valence-electron chi connectivity index (χ0n) is 11.8. The monoisotopic (exact) mass is 302 g/mol. The van der Waals surface area contributed by atoms with Gasteiger partial charge in [-0.1, -0.05) is 37.8 Å². The van der Waals surface area contributed by atoms with Crippen LogP contribution in [-0.2, 0) is 9.59 Å². The van der Waals surface area contributed by atoms with Crippen LogP contribution in [0, 0.1) is 0 Å². The Labute approximate surface area is 124 Å². The molecule has 0 aromatic carbocycles. The smallest absolute Gasteiger partial charge is 0.242 e. The van der Waals surface area contributed by atoms with Gasteiger partial charge in [-0.25, -0.2) is 0 Å². The maximum Gasteiger partial charge on any atom is 0.242 e. The van der Waals surface area contributed by atoms with Crippen LogP contribution in [0.4, 0.5) is 0 Å². The van der Waals surface area contributed by atoms with E-state index in [1.165, 1.54) is 11.8 Å². The number of carbonyl (C=O) groups is 2. The summed E-state index contributed by atoms with van der Waals surface area (Å²) in [6.45, 7) is 8.12. The fraction of sp³-hybridized carbons (Fsp3) is 0.769. The normalized spacial score (nSPS) is 19.1. The van der Waals surface area contributed by atoms with Crippen molar-refractivity contribution in [3.8, 4) is 0 Å². The Kier molecular flexibility index (Phi) is 6.79. The van der Waals surface area contributed by atoms with Gasteiger partial charge in [-0.05, 0) is 19.8 Å². The second kappa shape index (κ2) is 7.85.